The first-order valence-corrected chi connectivity index (χ1v) is 16.9. The molecule has 19 heteroatoms. The predicted octanol–water partition coefficient (Wildman–Crippen LogP) is 3.61. The molecule has 57 heavy (non-hydrogen) atoms. The van der Waals surface area contributed by atoms with Gasteiger partial charge in [0.15, 0.2) is 29.5 Å². The third-order valence-corrected chi connectivity index (χ3v) is 7.33. The topological polar surface area (TPSA) is 242 Å². The van der Waals surface area contributed by atoms with E-state index in [0.29, 0.717) is 0 Å². The highest BCUT2D eigenvalue weighted by Gasteiger charge is 2.54. The van der Waals surface area contributed by atoms with Crippen molar-refractivity contribution in [2.75, 3.05) is 6.61 Å². The van der Waals surface area contributed by atoms with Crippen LogP contribution < -0.4 is 29.1 Å². The van der Waals surface area contributed by atoms with Gasteiger partial charge in [-0.1, -0.05) is 6.58 Å². The molecular formula is C38H38O19. The number of allylic oxidation sites excluding steroid dienone is 1. The second-order valence-electron chi connectivity index (χ2n) is 12.3. The van der Waals surface area contributed by atoms with Crippen molar-refractivity contribution in [2.24, 2.45) is 0 Å². The molecule has 304 valence electrons. The lowest BCUT2D eigenvalue weighted by Gasteiger charge is -2.43. The molecule has 0 bridgehead atoms. The maximum atomic E-state index is 14.8. The lowest BCUT2D eigenvalue weighted by molar-refractivity contribution is -0.288. The van der Waals surface area contributed by atoms with Crippen LogP contribution in [0.25, 0.3) is 22.3 Å². The van der Waals surface area contributed by atoms with Crippen LogP contribution in [0.5, 0.6) is 28.7 Å². The maximum absolute atomic E-state index is 14.8. The van der Waals surface area contributed by atoms with Crippen molar-refractivity contribution in [3.8, 4) is 40.1 Å². The van der Waals surface area contributed by atoms with E-state index >= 15 is 0 Å². The van der Waals surface area contributed by atoms with Crippen molar-refractivity contribution in [3.63, 3.8) is 0 Å². The van der Waals surface area contributed by atoms with E-state index in [1.807, 2.05) is 0 Å². The van der Waals surface area contributed by atoms with E-state index in [1.165, 1.54) is 37.3 Å². The number of hydrogen-bond acceptors (Lipinski definition) is 19. The molecule has 4 rings (SSSR count). The number of carbonyl (C=O) groups is 7. The lowest BCUT2D eigenvalue weighted by atomic mass is 9.98. The van der Waals surface area contributed by atoms with E-state index in [0.717, 1.165) is 48.5 Å². The van der Waals surface area contributed by atoms with E-state index < -0.39 is 96.0 Å². The largest absolute Gasteiger partial charge is 0.463 e. The highest BCUT2D eigenvalue weighted by atomic mass is 16.7. The molecule has 0 spiro atoms. The summed E-state index contributed by atoms with van der Waals surface area (Å²) in [4.78, 5) is 99.7. The number of esters is 7. The van der Waals surface area contributed by atoms with Crippen LogP contribution in [0.2, 0.25) is 0 Å². The summed E-state index contributed by atoms with van der Waals surface area (Å²) in [5.41, 5.74) is -1.28. The quantitative estimate of drug-likeness (QED) is 0.104. The van der Waals surface area contributed by atoms with Gasteiger partial charge in [-0.25, -0.2) is 0 Å². The number of ether oxygens (including phenoxy) is 10. The fourth-order valence-corrected chi connectivity index (χ4v) is 5.56. The van der Waals surface area contributed by atoms with Crippen LogP contribution in [0, 0.1) is 0 Å². The first-order valence-electron chi connectivity index (χ1n) is 16.9. The molecule has 0 saturated carbocycles. The molecule has 5 atom stereocenters. The molecular weight excluding hydrogens is 760 g/mol. The summed E-state index contributed by atoms with van der Waals surface area (Å²) in [6.45, 7) is 12.0. The van der Waals surface area contributed by atoms with Crippen LogP contribution in [-0.4, -0.2) is 79.1 Å². The lowest BCUT2D eigenvalue weighted by Crippen LogP contribution is -2.63. The Kier molecular flexibility index (Phi) is 13.8. The van der Waals surface area contributed by atoms with Crippen LogP contribution in [0.1, 0.15) is 55.4 Å². The zero-order chi connectivity index (χ0) is 42.3. The van der Waals surface area contributed by atoms with Crippen molar-refractivity contribution in [2.45, 2.75) is 86.1 Å². The summed E-state index contributed by atoms with van der Waals surface area (Å²) in [6.07, 6.45) is -8.42. The van der Waals surface area contributed by atoms with Crippen molar-refractivity contribution < 1.29 is 85.3 Å². The van der Waals surface area contributed by atoms with Crippen LogP contribution in [0.3, 0.4) is 0 Å². The summed E-state index contributed by atoms with van der Waals surface area (Å²) in [5.74, 6) is -7.69. The fourth-order valence-electron chi connectivity index (χ4n) is 5.56. The van der Waals surface area contributed by atoms with Gasteiger partial charge in [0.05, 0.1) is 5.76 Å². The highest BCUT2D eigenvalue weighted by molar-refractivity contribution is 5.90. The molecule has 5 unspecified atom stereocenters. The fraction of sp³-hybridized carbons (Fsp3) is 0.368. The van der Waals surface area contributed by atoms with E-state index in [-0.39, 0.29) is 45.3 Å². The minimum atomic E-state index is -1.93. The Hall–Kier alpha value is -6.76. The predicted molar refractivity (Wildman–Crippen MR) is 190 cm³/mol. The Labute approximate surface area is 323 Å². The molecule has 1 aliphatic heterocycles. The molecule has 0 N–H and O–H groups in total. The van der Waals surface area contributed by atoms with Gasteiger partial charge in [-0.3, -0.25) is 38.4 Å². The molecule has 19 nitrogen and oxygen atoms in total. The monoisotopic (exact) mass is 798 g/mol. The van der Waals surface area contributed by atoms with Gasteiger partial charge in [-0.05, 0) is 25.1 Å². The van der Waals surface area contributed by atoms with E-state index in [1.54, 1.807) is 0 Å². The second kappa shape index (κ2) is 18.2. The van der Waals surface area contributed by atoms with Crippen LogP contribution in [0.4, 0.5) is 0 Å². The van der Waals surface area contributed by atoms with Gasteiger partial charge < -0.3 is 51.8 Å². The normalized spacial score (nSPS) is 18.6. The summed E-state index contributed by atoms with van der Waals surface area (Å²) >= 11 is 0. The molecule has 1 fully saturated rings. The number of fused-ring (bicyclic) bond motifs is 1. The summed E-state index contributed by atoms with van der Waals surface area (Å²) in [6, 6.07) is 6.11. The third-order valence-electron chi connectivity index (χ3n) is 7.33. The van der Waals surface area contributed by atoms with Crippen LogP contribution in [-0.2, 0) is 57.2 Å². The van der Waals surface area contributed by atoms with Crippen LogP contribution in [0.15, 0.2) is 51.9 Å². The smallest absolute Gasteiger partial charge is 0.308 e. The van der Waals surface area contributed by atoms with E-state index in [2.05, 4.69) is 6.58 Å². The molecule has 1 aromatic heterocycles. The Morgan fingerprint density at radius 2 is 1.21 bits per heavy atom. The number of hydrogen-bond donors (Lipinski definition) is 0. The zero-order valence-electron chi connectivity index (χ0n) is 31.9. The van der Waals surface area contributed by atoms with Gasteiger partial charge in [0.2, 0.25) is 23.6 Å². The van der Waals surface area contributed by atoms with E-state index in [9.17, 15) is 38.4 Å². The standard InChI is InChI=1S/C38H38O19/c1-16(2)48-28-13-25(49-18(4)40)14-29-31(28)32(46)35(33(55-29)24-10-11-26(50-19(5)41)27(12-24)51-20(6)42)57-38-37(54-23(9)45)36(53-22(8)44)34(52-21(7)43)30(56-38)15-47-17(3)39/h10-14,30,34,36-38H,1,15H2,2-9H3. The number of rotatable bonds is 13. The molecule has 2 aromatic carbocycles. The molecule has 2 heterocycles. The Bertz CT molecular complexity index is 2180. The molecule has 1 saturated heterocycles. The minimum absolute atomic E-state index is 0.0537. The first kappa shape index (κ1) is 43.0. The van der Waals surface area contributed by atoms with E-state index in [4.69, 9.17) is 51.8 Å². The minimum Gasteiger partial charge on any atom is -0.463 e. The maximum Gasteiger partial charge on any atom is 0.308 e. The Morgan fingerprint density at radius 1 is 0.632 bits per heavy atom. The zero-order valence-corrected chi connectivity index (χ0v) is 31.9. The third kappa shape index (κ3) is 11.2. The SMILES string of the molecule is C=C(C)Oc1cc(OC(C)=O)cc2oc(-c3ccc(OC(C)=O)c(OC(C)=O)c3)c(OC3OC(COC(C)=O)C(OC(C)=O)C(OC(C)=O)C3OC(C)=O)c(=O)c12. The molecule has 3 aromatic rings. The van der Waals surface area contributed by atoms with Gasteiger partial charge in [0.1, 0.15) is 35.2 Å². The summed E-state index contributed by atoms with van der Waals surface area (Å²) in [7, 11) is 0. The Morgan fingerprint density at radius 3 is 1.77 bits per heavy atom. The van der Waals surface area contributed by atoms with Crippen molar-refractivity contribution in [3.05, 3.63) is 52.9 Å². The van der Waals surface area contributed by atoms with Gasteiger partial charge >= 0.3 is 41.8 Å². The van der Waals surface area contributed by atoms with Gasteiger partial charge in [0.25, 0.3) is 0 Å². The average molecular weight is 799 g/mol. The molecule has 1 aliphatic rings. The second-order valence-corrected chi connectivity index (χ2v) is 12.3. The van der Waals surface area contributed by atoms with Gasteiger partial charge in [-0.2, -0.15) is 0 Å². The molecule has 0 aliphatic carbocycles. The van der Waals surface area contributed by atoms with Gasteiger partial charge in [-0.15, -0.1) is 0 Å². The van der Waals surface area contributed by atoms with Gasteiger partial charge in [0, 0.05) is 66.2 Å². The molecule has 0 amide bonds. The van der Waals surface area contributed by atoms with Crippen molar-refractivity contribution >= 4 is 52.8 Å². The first-order chi connectivity index (χ1) is 26.7. The Balaban J connectivity index is 2.08. The average Bonchev–Trinajstić information content (AvgIpc) is 3.06. The summed E-state index contributed by atoms with van der Waals surface area (Å²) in [5, 5.41) is -0.296. The highest BCUT2D eigenvalue weighted by Crippen LogP contribution is 2.41. The molecule has 0 radical (unpaired) electrons. The number of carbonyl (C=O) groups excluding carboxylic acids is 7. The van der Waals surface area contributed by atoms with Crippen LogP contribution >= 0.6 is 0 Å². The summed E-state index contributed by atoms with van der Waals surface area (Å²) < 4.78 is 61.5. The number of benzene rings is 2. The van der Waals surface area contributed by atoms with Crippen molar-refractivity contribution in [1.82, 2.24) is 0 Å². The van der Waals surface area contributed by atoms with Crippen molar-refractivity contribution in [1.29, 1.82) is 0 Å².